The van der Waals surface area contributed by atoms with Crippen LogP contribution in [-0.4, -0.2) is 47.9 Å². The van der Waals surface area contributed by atoms with Crippen molar-refractivity contribution < 1.29 is 4.42 Å². The summed E-state index contributed by atoms with van der Waals surface area (Å²) in [7, 11) is 0. The van der Waals surface area contributed by atoms with Crippen molar-refractivity contribution in [3.63, 3.8) is 0 Å². The van der Waals surface area contributed by atoms with E-state index < -0.39 is 0 Å². The lowest BCUT2D eigenvalue weighted by Crippen LogP contribution is -2.32. The van der Waals surface area contributed by atoms with Crippen LogP contribution in [0.5, 0.6) is 0 Å². The van der Waals surface area contributed by atoms with Crippen molar-refractivity contribution in [3.8, 4) is 0 Å². The molecule has 102 valence electrons. The Hall–Kier alpha value is -1.07. The van der Waals surface area contributed by atoms with Gasteiger partial charge in [0.1, 0.15) is 11.4 Å². The fraction of sp³-hybridized carbons (Fsp3) is 0.500. The Morgan fingerprint density at radius 3 is 3.05 bits per heavy atom. The van der Waals surface area contributed by atoms with Gasteiger partial charge < -0.3 is 14.2 Å². The molecule has 0 unspecified atom stereocenters. The zero-order valence-electron chi connectivity index (χ0n) is 10.9. The van der Waals surface area contributed by atoms with E-state index in [-0.39, 0.29) is 0 Å². The molecule has 2 aromatic heterocycles. The van der Waals surface area contributed by atoms with E-state index in [1.54, 1.807) is 6.26 Å². The fourth-order valence-electron chi connectivity index (χ4n) is 2.66. The first kappa shape index (κ1) is 12.9. The second kappa shape index (κ2) is 5.92. The molecule has 0 aromatic carbocycles. The number of fused-ring (bicyclic) bond motifs is 1. The number of pyridine rings is 1. The summed E-state index contributed by atoms with van der Waals surface area (Å²) in [5.41, 5.74) is 0.923. The maximum absolute atomic E-state index is 5.46. The highest BCUT2D eigenvalue weighted by atomic mass is 79.9. The normalized spacial score (nSPS) is 17.8. The highest BCUT2D eigenvalue weighted by Gasteiger charge is 2.17. The number of rotatable bonds is 3. The van der Waals surface area contributed by atoms with E-state index in [9.17, 15) is 0 Å². The molecule has 0 amide bonds. The molecular weight excluding hydrogens is 306 g/mol. The van der Waals surface area contributed by atoms with E-state index in [1.807, 2.05) is 18.3 Å². The lowest BCUT2D eigenvalue weighted by molar-refractivity contribution is 0.313. The number of hydrogen-bond donors (Lipinski definition) is 0. The predicted molar refractivity (Wildman–Crippen MR) is 81.1 cm³/mol. The van der Waals surface area contributed by atoms with E-state index in [1.165, 1.54) is 13.0 Å². The van der Waals surface area contributed by atoms with Gasteiger partial charge in [0.15, 0.2) is 0 Å². The summed E-state index contributed by atoms with van der Waals surface area (Å²) in [6.07, 6.45) is 4.76. The summed E-state index contributed by atoms with van der Waals surface area (Å²) < 4.78 is 5.46. The predicted octanol–water partition coefficient (Wildman–Crippen LogP) is 2.73. The average Bonchev–Trinajstić information content (AvgIpc) is 2.79. The minimum Gasteiger partial charge on any atom is -0.464 e. The Balaban J connectivity index is 1.80. The molecule has 1 fully saturated rings. The molecule has 4 nitrogen and oxygen atoms in total. The zero-order chi connectivity index (χ0) is 13.1. The molecule has 0 saturated carbocycles. The Morgan fingerprint density at radius 2 is 2.16 bits per heavy atom. The van der Waals surface area contributed by atoms with Gasteiger partial charge in [-0.1, -0.05) is 15.9 Å². The third kappa shape index (κ3) is 2.77. The second-order valence-corrected chi connectivity index (χ2v) is 5.63. The van der Waals surface area contributed by atoms with Crippen LogP contribution in [0.4, 0.5) is 5.82 Å². The van der Waals surface area contributed by atoms with Gasteiger partial charge in [0.2, 0.25) is 0 Å². The van der Waals surface area contributed by atoms with Crippen LogP contribution in [0, 0.1) is 0 Å². The van der Waals surface area contributed by atoms with Crippen molar-refractivity contribution in [2.75, 3.05) is 43.0 Å². The second-order valence-electron chi connectivity index (χ2n) is 4.84. The molecule has 0 radical (unpaired) electrons. The number of halogens is 1. The highest BCUT2D eigenvalue weighted by Crippen LogP contribution is 2.25. The molecule has 0 bridgehead atoms. The fourth-order valence-corrected chi connectivity index (χ4v) is 3.16. The van der Waals surface area contributed by atoms with Crippen molar-refractivity contribution in [2.24, 2.45) is 0 Å². The van der Waals surface area contributed by atoms with Crippen LogP contribution < -0.4 is 4.90 Å². The van der Waals surface area contributed by atoms with Gasteiger partial charge in [-0.15, -0.1) is 0 Å². The van der Waals surface area contributed by atoms with Crippen molar-refractivity contribution in [1.29, 1.82) is 0 Å². The number of furan rings is 1. The van der Waals surface area contributed by atoms with Crippen molar-refractivity contribution in [3.05, 3.63) is 24.6 Å². The number of hydrogen-bond acceptors (Lipinski definition) is 4. The SMILES string of the molecule is BrCCN1CCCN(c2nccc3occc23)CC1. The maximum atomic E-state index is 5.46. The van der Waals surface area contributed by atoms with Gasteiger partial charge in [0, 0.05) is 37.7 Å². The van der Waals surface area contributed by atoms with Crippen LogP contribution in [0.15, 0.2) is 29.0 Å². The first-order valence-corrected chi connectivity index (χ1v) is 7.86. The molecule has 19 heavy (non-hydrogen) atoms. The molecule has 3 heterocycles. The standard InChI is InChI=1S/C14H18BrN3O/c15-4-8-17-6-1-7-18(10-9-17)14-12-3-11-19-13(12)2-5-16-14/h2-3,5,11H,1,4,6-10H2. The number of alkyl halides is 1. The minimum absolute atomic E-state index is 0.923. The molecule has 0 atom stereocenters. The van der Waals surface area contributed by atoms with Crippen LogP contribution in [0.1, 0.15) is 6.42 Å². The maximum Gasteiger partial charge on any atom is 0.139 e. The van der Waals surface area contributed by atoms with Crippen LogP contribution in [0.2, 0.25) is 0 Å². The lowest BCUT2D eigenvalue weighted by Gasteiger charge is -2.22. The van der Waals surface area contributed by atoms with E-state index in [2.05, 4.69) is 30.7 Å². The van der Waals surface area contributed by atoms with Gasteiger partial charge in [-0.3, -0.25) is 0 Å². The summed E-state index contributed by atoms with van der Waals surface area (Å²) in [4.78, 5) is 9.44. The molecule has 1 aliphatic rings. The van der Waals surface area contributed by atoms with Gasteiger partial charge in [0.25, 0.3) is 0 Å². The molecule has 0 aliphatic carbocycles. The molecule has 1 saturated heterocycles. The van der Waals surface area contributed by atoms with Crippen molar-refractivity contribution in [1.82, 2.24) is 9.88 Å². The summed E-state index contributed by atoms with van der Waals surface area (Å²) in [5, 5.41) is 2.17. The Labute approximate surface area is 121 Å². The van der Waals surface area contributed by atoms with E-state index in [0.717, 1.165) is 48.3 Å². The largest absolute Gasteiger partial charge is 0.464 e. The number of aromatic nitrogens is 1. The molecule has 0 spiro atoms. The Bertz CT molecular complexity index is 542. The summed E-state index contributed by atoms with van der Waals surface area (Å²) >= 11 is 3.52. The quantitative estimate of drug-likeness (QED) is 0.813. The number of anilines is 1. The minimum atomic E-state index is 0.923. The smallest absolute Gasteiger partial charge is 0.139 e. The van der Waals surface area contributed by atoms with Crippen molar-refractivity contribution >= 4 is 32.7 Å². The van der Waals surface area contributed by atoms with Crippen LogP contribution in [0.3, 0.4) is 0 Å². The van der Waals surface area contributed by atoms with Crippen LogP contribution >= 0.6 is 15.9 Å². The van der Waals surface area contributed by atoms with Gasteiger partial charge in [-0.25, -0.2) is 4.98 Å². The van der Waals surface area contributed by atoms with E-state index in [0.29, 0.717) is 0 Å². The molecule has 3 rings (SSSR count). The summed E-state index contributed by atoms with van der Waals surface area (Å²) in [6.45, 7) is 5.49. The molecule has 5 heteroatoms. The zero-order valence-corrected chi connectivity index (χ0v) is 12.5. The molecular formula is C14H18BrN3O. The average molecular weight is 324 g/mol. The lowest BCUT2D eigenvalue weighted by atomic mass is 10.3. The van der Waals surface area contributed by atoms with E-state index in [4.69, 9.17) is 4.42 Å². The highest BCUT2D eigenvalue weighted by molar-refractivity contribution is 9.09. The molecule has 2 aromatic rings. The summed E-state index contributed by atoms with van der Waals surface area (Å²) in [5.74, 6) is 1.06. The van der Waals surface area contributed by atoms with Crippen molar-refractivity contribution in [2.45, 2.75) is 6.42 Å². The third-order valence-corrected chi connectivity index (χ3v) is 4.00. The van der Waals surface area contributed by atoms with Crippen LogP contribution in [-0.2, 0) is 0 Å². The number of nitrogens with zero attached hydrogens (tertiary/aromatic N) is 3. The first-order valence-electron chi connectivity index (χ1n) is 6.74. The van der Waals surface area contributed by atoms with Gasteiger partial charge in [-0.05, 0) is 25.1 Å². The van der Waals surface area contributed by atoms with Crippen LogP contribution in [0.25, 0.3) is 11.0 Å². The van der Waals surface area contributed by atoms with Gasteiger partial charge in [-0.2, -0.15) is 0 Å². The first-order chi connectivity index (χ1) is 9.38. The molecule has 1 aliphatic heterocycles. The van der Waals surface area contributed by atoms with Gasteiger partial charge in [0.05, 0.1) is 11.6 Å². The Kier molecular flexibility index (Phi) is 4.03. The molecule has 0 N–H and O–H groups in total. The van der Waals surface area contributed by atoms with E-state index >= 15 is 0 Å². The Morgan fingerprint density at radius 1 is 1.21 bits per heavy atom. The van der Waals surface area contributed by atoms with Gasteiger partial charge >= 0.3 is 0 Å². The third-order valence-electron chi connectivity index (χ3n) is 3.65. The topological polar surface area (TPSA) is 32.5 Å². The summed E-state index contributed by atoms with van der Waals surface area (Å²) in [6, 6.07) is 3.94. The monoisotopic (exact) mass is 323 g/mol.